The minimum absolute atomic E-state index is 0.0276. The van der Waals surface area contributed by atoms with Crippen LogP contribution >= 0.6 is 11.3 Å². The zero-order chi connectivity index (χ0) is 31.0. The Kier molecular flexibility index (Phi) is 7.16. The van der Waals surface area contributed by atoms with Gasteiger partial charge in [0.05, 0.1) is 21.2 Å². The molecule has 2 atom stereocenters. The Bertz CT molecular complexity index is 1730. The number of fused-ring (bicyclic) bond motifs is 1. The molecule has 9 nitrogen and oxygen atoms in total. The number of hydrogen-bond donors (Lipinski definition) is 2. The van der Waals surface area contributed by atoms with Crippen LogP contribution in [0.15, 0.2) is 35.4 Å². The van der Waals surface area contributed by atoms with Crippen LogP contribution in [0.4, 0.5) is 30.5 Å². The first-order chi connectivity index (χ1) is 20.9. The van der Waals surface area contributed by atoms with Gasteiger partial charge in [-0.2, -0.15) is 13.2 Å². The third-order valence-corrected chi connectivity index (χ3v) is 11.6. The number of carbonyl (C=O) groups is 1. The molecule has 2 saturated carbocycles. The fourth-order valence-electron chi connectivity index (χ4n) is 6.25. The van der Waals surface area contributed by atoms with Gasteiger partial charge in [-0.3, -0.25) is 4.79 Å². The van der Waals surface area contributed by atoms with Crippen molar-refractivity contribution in [2.45, 2.75) is 74.6 Å². The fraction of sp³-hybridized carbons (Fsp3) is 0.500. The first kappa shape index (κ1) is 29.5. The van der Waals surface area contributed by atoms with Gasteiger partial charge in [0, 0.05) is 55.3 Å². The number of anilines is 3. The molecule has 1 saturated heterocycles. The van der Waals surface area contributed by atoms with Crippen LogP contribution < -0.4 is 15.5 Å². The maximum Gasteiger partial charge on any atom is 0.420 e. The zero-order valence-electron chi connectivity index (χ0n) is 24.3. The van der Waals surface area contributed by atoms with Gasteiger partial charge in [-0.25, -0.2) is 18.4 Å². The Morgan fingerprint density at radius 2 is 1.80 bits per heavy atom. The number of alkyl halides is 3. The van der Waals surface area contributed by atoms with Gasteiger partial charge in [0.25, 0.3) is 5.91 Å². The van der Waals surface area contributed by atoms with Gasteiger partial charge in [-0.15, -0.1) is 11.3 Å². The predicted molar refractivity (Wildman–Crippen MR) is 162 cm³/mol. The zero-order valence-corrected chi connectivity index (χ0v) is 25.9. The molecule has 2 N–H and O–H groups in total. The minimum atomic E-state index is -4.80. The van der Waals surface area contributed by atoms with E-state index in [9.17, 15) is 26.4 Å². The fourth-order valence-corrected chi connectivity index (χ4v) is 9.17. The summed E-state index contributed by atoms with van der Waals surface area (Å²) in [6.07, 6.45) is -0.460. The summed E-state index contributed by atoms with van der Waals surface area (Å²) in [5.41, 5.74) is 1.33. The van der Waals surface area contributed by atoms with Crippen molar-refractivity contribution < 1.29 is 26.4 Å². The van der Waals surface area contributed by atoms with Crippen molar-refractivity contribution >= 4 is 44.4 Å². The summed E-state index contributed by atoms with van der Waals surface area (Å²) in [5.74, 6) is -0.428. The Morgan fingerprint density at radius 1 is 1.07 bits per heavy atom. The van der Waals surface area contributed by atoms with E-state index in [0.717, 1.165) is 73.2 Å². The van der Waals surface area contributed by atoms with Crippen molar-refractivity contribution in [1.29, 1.82) is 0 Å². The van der Waals surface area contributed by atoms with Crippen molar-refractivity contribution in [2.24, 2.45) is 0 Å². The number of piperazine rings is 1. The second-order valence-corrected chi connectivity index (χ2v) is 15.5. The first-order valence-corrected chi connectivity index (χ1v) is 17.4. The molecule has 0 bridgehead atoms. The lowest BCUT2D eigenvalue weighted by molar-refractivity contribution is -0.137. The number of rotatable bonds is 6. The van der Waals surface area contributed by atoms with Crippen LogP contribution in [0.5, 0.6) is 0 Å². The summed E-state index contributed by atoms with van der Waals surface area (Å²) < 4.78 is 68.8. The maximum absolute atomic E-state index is 14.2. The molecular weight excluding hydrogens is 613 g/mol. The van der Waals surface area contributed by atoms with Crippen LogP contribution in [0.3, 0.4) is 0 Å². The molecule has 1 aromatic carbocycles. The molecule has 2 aliphatic carbocycles. The largest absolute Gasteiger partial charge is 0.420 e. The lowest BCUT2D eigenvalue weighted by Crippen LogP contribution is -2.54. The lowest BCUT2D eigenvalue weighted by atomic mass is 10.0. The summed E-state index contributed by atoms with van der Waals surface area (Å²) in [6.45, 7) is 6.12. The predicted octanol–water partition coefficient (Wildman–Crippen LogP) is 5.42. The molecule has 0 spiro atoms. The Morgan fingerprint density at radius 3 is 2.45 bits per heavy atom. The van der Waals surface area contributed by atoms with Crippen LogP contribution in [0.25, 0.3) is 10.6 Å². The molecule has 3 aromatic rings. The standard InChI is InChI=1S/C30H33F3N6O3S2/c1-16-14-38(15-17(2)35-16)20-7-8-23(21(11-20)18-3-4-18)36-29-34-13-22(30(31,32)33)26(37-29)24-12-25-27(43-24)28(40)39(19-5-6-19)9-10-44(25,41)42/h7-8,11-13,16-19,35H,3-6,9-10,14-15H2,1-2H3,(H,34,36,37)/t16-,17-/m0/s1. The van der Waals surface area contributed by atoms with E-state index in [1.165, 1.54) is 11.0 Å². The molecule has 3 fully saturated rings. The highest BCUT2D eigenvalue weighted by Gasteiger charge is 2.42. The third-order valence-electron chi connectivity index (χ3n) is 8.63. The number of hydrogen-bond acceptors (Lipinski definition) is 9. The molecule has 1 amide bonds. The summed E-state index contributed by atoms with van der Waals surface area (Å²) in [7, 11) is -3.87. The number of nitrogens with zero attached hydrogens (tertiary/aromatic N) is 4. The number of carbonyl (C=O) groups excluding carboxylic acids is 1. The van der Waals surface area contributed by atoms with Crippen LogP contribution in [0, 0.1) is 0 Å². The van der Waals surface area contributed by atoms with Gasteiger partial charge >= 0.3 is 6.18 Å². The van der Waals surface area contributed by atoms with Crippen LogP contribution in [0.1, 0.15) is 66.2 Å². The van der Waals surface area contributed by atoms with Gasteiger partial charge in [-0.1, -0.05) is 0 Å². The van der Waals surface area contributed by atoms with E-state index in [-0.39, 0.29) is 38.9 Å². The van der Waals surface area contributed by atoms with Gasteiger partial charge in [-0.05, 0) is 75.3 Å². The summed E-state index contributed by atoms with van der Waals surface area (Å²) in [5, 5.41) is 6.69. The molecular formula is C30H33F3N6O3S2. The highest BCUT2D eigenvalue weighted by atomic mass is 32.2. The van der Waals surface area contributed by atoms with Crippen LogP contribution in [-0.2, 0) is 16.0 Å². The molecule has 2 aromatic heterocycles. The Labute approximate surface area is 257 Å². The monoisotopic (exact) mass is 646 g/mol. The average Bonchev–Trinajstić information content (AvgIpc) is 3.90. The number of sulfone groups is 1. The molecule has 2 aliphatic heterocycles. The van der Waals surface area contributed by atoms with E-state index in [4.69, 9.17) is 0 Å². The number of benzene rings is 1. The highest BCUT2D eigenvalue weighted by Crippen LogP contribution is 2.46. The Hall–Kier alpha value is -3.23. The Balaban J connectivity index is 1.25. The molecule has 7 rings (SSSR count). The van der Waals surface area contributed by atoms with E-state index in [1.807, 2.05) is 12.1 Å². The SMILES string of the molecule is C[C@H]1CN(c2ccc(Nc3ncc(C(F)(F)F)c(-c4cc5c(s4)C(=O)N(C4CC4)CCS5(=O)=O)n3)c(C3CC3)c2)C[C@H](C)N1. The van der Waals surface area contributed by atoms with Gasteiger partial charge in [0.2, 0.25) is 5.95 Å². The van der Waals surface area contributed by atoms with E-state index in [0.29, 0.717) is 18.0 Å². The van der Waals surface area contributed by atoms with Crippen molar-refractivity contribution in [1.82, 2.24) is 20.2 Å². The van der Waals surface area contributed by atoms with E-state index in [1.54, 1.807) is 0 Å². The molecule has 14 heteroatoms. The number of thiophene rings is 1. The van der Waals surface area contributed by atoms with E-state index >= 15 is 0 Å². The maximum atomic E-state index is 14.2. The average molecular weight is 647 g/mol. The number of nitrogens with one attached hydrogen (secondary N) is 2. The molecule has 234 valence electrons. The molecule has 4 heterocycles. The third kappa shape index (κ3) is 5.67. The summed E-state index contributed by atoms with van der Waals surface area (Å²) in [4.78, 5) is 25.2. The van der Waals surface area contributed by atoms with E-state index in [2.05, 4.69) is 45.4 Å². The second kappa shape index (κ2) is 10.7. The number of aromatic nitrogens is 2. The molecule has 4 aliphatic rings. The summed E-state index contributed by atoms with van der Waals surface area (Å²) >= 11 is 0.743. The van der Waals surface area contributed by atoms with Gasteiger partial charge in [0.15, 0.2) is 9.84 Å². The summed E-state index contributed by atoms with van der Waals surface area (Å²) in [6, 6.07) is 7.90. The van der Waals surface area contributed by atoms with Crippen molar-refractivity contribution in [3.63, 3.8) is 0 Å². The van der Waals surface area contributed by atoms with Crippen LogP contribution in [-0.4, -0.2) is 72.7 Å². The highest BCUT2D eigenvalue weighted by molar-refractivity contribution is 7.91. The van der Waals surface area contributed by atoms with Gasteiger partial charge in [0.1, 0.15) is 10.4 Å². The van der Waals surface area contributed by atoms with Crippen molar-refractivity contribution in [3.8, 4) is 10.6 Å². The topological polar surface area (TPSA) is 108 Å². The first-order valence-electron chi connectivity index (χ1n) is 14.9. The second-order valence-electron chi connectivity index (χ2n) is 12.4. The van der Waals surface area contributed by atoms with Crippen molar-refractivity contribution in [2.75, 3.05) is 35.6 Å². The number of halogens is 3. The molecule has 0 radical (unpaired) electrons. The normalized spacial score (nSPS) is 23.8. The van der Waals surface area contributed by atoms with Crippen LogP contribution in [0.2, 0.25) is 0 Å². The molecule has 0 unspecified atom stereocenters. The number of amides is 1. The lowest BCUT2D eigenvalue weighted by Gasteiger charge is -2.38. The van der Waals surface area contributed by atoms with Gasteiger partial charge < -0.3 is 20.4 Å². The van der Waals surface area contributed by atoms with Crippen molar-refractivity contribution in [3.05, 3.63) is 46.5 Å². The smallest absolute Gasteiger partial charge is 0.368 e. The minimum Gasteiger partial charge on any atom is -0.368 e. The molecule has 44 heavy (non-hydrogen) atoms. The quantitative estimate of drug-likeness (QED) is 0.366. The van der Waals surface area contributed by atoms with E-state index < -0.39 is 33.2 Å².